The van der Waals surface area contributed by atoms with E-state index in [0.29, 0.717) is 15.8 Å². The molecular formula is C20H10Cl2N2O5. The Morgan fingerprint density at radius 3 is 2.21 bits per heavy atom. The van der Waals surface area contributed by atoms with E-state index in [1.165, 1.54) is 30.5 Å². The first-order valence-corrected chi connectivity index (χ1v) is 8.99. The van der Waals surface area contributed by atoms with Crippen LogP contribution in [0, 0.1) is 0 Å². The highest BCUT2D eigenvalue weighted by Gasteiger charge is 2.38. The summed E-state index contributed by atoms with van der Waals surface area (Å²) >= 11 is 12.0. The van der Waals surface area contributed by atoms with E-state index in [4.69, 9.17) is 32.8 Å². The van der Waals surface area contributed by atoms with Crippen LogP contribution in [0.2, 0.25) is 10.0 Å². The lowest BCUT2D eigenvalue weighted by atomic mass is 10.1. The molecule has 29 heavy (non-hydrogen) atoms. The Kier molecular flexibility index (Phi) is 4.92. The summed E-state index contributed by atoms with van der Waals surface area (Å²) in [7, 11) is 0. The monoisotopic (exact) mass is 428 g/mol. The number of hydrogen-bond acceptors (Lipinski definition) is 6. The molecule has 0 spiro atoms. The SMILES string of the molecule is O=C(ON1C(=O)c2ccccc2C1=O)c1ccc(Oc2cccc(Cl)c2Cl)nc1. The van der Waals surface area contributed by atoms with Crippen LogP contribution in [0.3, 0.4) is 0 Å². The zero-order valence-corrected chi connectivity index (χ0v) is 16.0. The highest BCUT2D eigenvalue weighted by Crippen LogP contribution is 2.34. The number of pyridine rings is 1. The Bertz CT molecular complexity index is 1110. The highest BCUT2D eigenvalue weighted by molar-refractivity contribution is 6.42. The standard InChI is InChI=1S/C20H10Cl2N2O5/c21-14-6-3-7-15(17(14)22)28-16-9-8-11(10-23-16)20(27)29-24-18(25)12-4-1-2-5-13(12)19(24)26/h1-10H. The number of benzene rings is 2. The molecule has 7 nitrogen and oxygen atoms in total. The second kappa shape index (κ2) is 7.54. The molecule has 0 N–H and O–H groups in total. The molecule has 0 bridgehead atoms. The molecular weight excluding hydrogens is 419 g/mol. The van der Waals surface area contributed by atoms with Crippen LogP contribution in [0.25, 0.3) is 0 Å². The minimum absolute atomic E-state index is 0.0195. The maximum Gasteiger partial charge on any atom is 0.365 e. The molecule has 2 heterocycles. The smallest absolute Gasteiger partial charge is 0.365 e. The van der Waals surface area contributed by atoms with E-state index in [1.807, 2.05) is 0 Å². The largest absolute Gasteiger partial charge is 0.437 e. The second-order valence-electron chi connectivity index (χ2n) is 5.87. The molecule has 1 aliphatic heterocycles. The molecule has 0 saturated carbocycles. The fourth-order valence-electron chi connectivity index (χ4n) is 2.62. The molecule has 3 aromatic rings. The number of amides is 2. The molecule has 2 amide bonds. The molecule has 0 saturated heterocycles. The number of ether oxygens (including phenoxy) is 1. The van der Waals surface area contributed by atoms with Crippen LogP contribution < -0.4 is 4.74 Å². The molecule has 144 valence electrons. The lowest BCUT2D eigenvalue weighted by molar-refractivity contribution is -0.0584. The highest BCUT2D eigenvalue weighted by atomic mass is 35.5. The van der Waals surface area contributed by atoms with Gasteiger partial charge in [0.25, 0.3) is 11.8 Å². The van der Waals surface area contributed by atoms with Crippen LogP contribution in [-0.2, 0) is 4.84 Å². The van der Waals surface area contributed by atoms with Gasteiger partial charge >= 0.3 is 5.97 Å². The molecule has 0 unspecified atom stereocenters. The summed E-state index contributed by atoms with van der Waals surface area (Å²) in [5.74, 6) is -1.87. The minimum atomic E-state index is -0.917. The van der Waals surface area contributed by atoms with Crippen LogP contribution in [0.4, 0.5) is 0 Å². The van der Waals surface area contributed by atoms with Crippen molar-refractivity contribution in [2.75, 3.05) is 0 Å². The second-order valence-corrected chi connectivity index (χ2v) is 6.65. The fraction of sp³-hybridized carbons (Fsp3) is 0. The van der Waals surface area contributed by atoms with Gasteiger partial charge in [-0.2, -0.15) is 0 Å². The quantitative estimate of drug-likeness (QED) is 0.566. The van der Waals surface area contributed by atoms with Gasteiger partial charge in [-0.15, -0.1) is 0 Å². The molecule has 0 fully saturated rings. The molecule has 0 radical (unpaired) electrons. The van der Waals surface area contributed by atoms with Crippen molar-refractivity contribution >= 4 is 41.0 Å². The number of hydroxylamine groups is 2. The first-order chi connectivity index (χ1) is 14.0. The fourth-order valence-corrected chi connectivity index (χ4v) is 2.95. The Morgan fingerprint density at radius 2 is 1.59 bits per heavy atom. The first kappa shape index (κ1) is 18.9. The average Bonchev–Trinajstić information content (AvgIpc) is 2.97. The van der Waals surface area contributed by atoms with E-state index in [9.17, 15) is 14.4 Å². The van der Waals surface area contributed by atoms with E-state index in [2.05, 4.69) is 4.98 Å². The van der Waals surface area contributed by atoms with Crippen molar-refractivity contribution in [2.24, 2.45) is 0 Å². The predicted octanol–water partition coefficient (Wildman–Crippen LogP) is 4.55. The summed E-state index contributed by atoms with van der Waals surface area (Å²) in [5.41, 5.74) is 0.363. The number of imide groups is 1. The number of halogens is 2. The van der Waals surface area contributed by atoms with Crippen molar-refractivity contribution in [3.05, 3.63) is 87.5 Å². The van der Waals surface area contributed by atoms with E-state index in [1.54, 1.807) is 30.3 Å². The summed E-state index contributed by atoms with van der Waals surface area (Å²) < 4.78 is 5.54. The van der Waals surface area contributed by atoms with Crippen molar-refractivity contribution in [1.29, 1.82) is 0 Å². The molecule has 0 atom stereocenters. The van der Waals surface area contributed by atoms with Crippen molar-refractivity contribution in [1.82, 2.24) is 10.0 Å². The molecule has 4 rings (SSSR count). The van der Waals surface area contributed by atoms with Crippen molar-refractivity contribution in [3.63, 3.8) is 0 Å². The van der Waals surface area contributed by atoms with Crippen LogP contribution in [0.5, 0.6) is 11.6 Å². The number of carbonyl (C=O) groups excluding carboxylic acids is 3. The third kappa shape index (κ3) is 3.53. The van der Waals surface area contributed by atoms with E-state index < -0.39 is 17.8 Å². The Morgan fingerprint density at radius 1 is 0.897 bits per heavy atom. The Labute approximate surface area is 174 Å². The van der Waals surface area contributed by atoms with Gasteiger partial charge in [-0.3, -0.25) is 9.59 Å². The van der Waals surface area contributed by atoms with Crippen LogP contribution in [-0.4, -0.2) is 27.8 Å². The van der Waals surface area contributed by atoms with Gasteiger partial charge in [0.2, 0.25) is 5.88 Å². The van der Waals surface area contributed by atoms with Gasteiger partial charge in [0.1, 0.15) is 10.8 Å². The van der Waals surface area contributed by atoms with E-state index in [-0.39, 0.29) is 27.6 Å². The Hall–Kier alpha value is -3.42. The van der Waals surface area contributed by atoms with Crippen molar-refractivity contribution < 1.29 is 24.0 Å². The van der Waals surface area contributed by atoms with E-state index >= 15 is 0 Å². The zero-order chi connectivity index (χ0) is 20.5. The van der Waals surface area contributed by atoms with Gasteiger partial charge in [-0.1, -0.05) is 46.5 Å². The summed E-state index contributed by atoms with van der Waals surface area (Å²) in [6, 6.07) is 13.9. The third-order valence-corrected chi connectivity index (χ3v) is 4.84. The summed E-state index contributed by atoms with van der Waals surface area (Å²) in [5, 5.41) is 0.985. The van der Waals surface area contributed by atoms with Crippen LogP contribution >= 0.6 is 23.2 Å². The summed E-state index contributed by atoms with van der Waals surface area (Å²) in [6.07, 6.45) is 1.19. The number of carbonyl (C=O) groups is 3. The van der Waals surface area contributed by atoms with Gasteiger partial charge in [-0.25, -0.2) is 9.78 Å². The first-order valence-electron chi connectivity index (χ1n) is 8.24. The number of rotatable bonds is 4. The van der Waals surface area contributed by atoms with Crippen molar-refractivity contribution in [2.45, 2.75) is 0 Å². The van der Waals surface area contributed by atoms with Crippen LogP contribution in [0.15, 0.2) is 60.8 Å². The average molecular weight is 429 g/mol. The van der Waals surface area contributed by atoms with Gasteiger partial charge in [0.15, 0.2) is 0 Å². The molecule has 1 aromatic heterocycles. The number of nitrogens with zero attached hydrogens (tertiary/aromatic N) is 2. The van der Waals surface area contributed by atoms with E-state index in [0.717, 1.165) is 0 Å². The lowest BCUT2D eigenvalue weighted by Crippen LogP contribution is -2.32. The van der Waals surface area contributed by atoms with Gasteiger partial charge in [0.05, 0.1) is 21.7 Å². The predicted molar refractivity (Wildman–Crippen MR) is 103 cm³/mol. The van der Waals surface area contributed by atoms with Gasteiger partial charge in [-0.05, 0) is 30.3 Å². The molecule has 0 aliphatic carbocycles. The van der Waals surface area contributed by atoms with Crippen LogP contribution in [0.1, 0.15) is 31.1 Å². The Balaban J connectivity index is 1.47. The minimum Gasteiger partial charge on any atom is -0.437 e. The molecule has 9 heteroatoms. The normalized spacial score (nSPS) is 12.7. The van der Waals surface area contributed by atoms with Gasteiger partial charge in [0, 0.05) is 12.3 Å². The maximum absolute atomic E-state index is 12.3. The number of fused-ring (bicyclic) bond motifs is 1. The van der Waals surface area contributed by atoms with Gasteiger partial charge < -0.3 is 9.57 Å². The van der Waals surface area contributed by atoms with Crippen molar-refractivity contribution in [3.8, 4) is 11.6 Å². The number of aromatic nitrogens is 1. The topological polar surface area (TPSA) is 85.8 Å². The zero-order valence-electron chi connectivity index (χ0n) is 14.5. The maximum atomic E-state index is 12.3. The lowest BCUT2D eigenvalue weighted by Gasteiger charge is -2.12. The molecule has 1 aliphatic rings. The third-order valence-electron chi connectivity index (χ3n) is 4.03. The summed E-state index contributed by atoms with van der Waals surface area (Å²) in [6.45, 7) is 0. The molecule has 2 aromatic carbocycles. The summed E-state index contributed by atoms with van der Waals surface area (Å²) in [4.78, 5) is 45.8. The number of hydrogen-bond donors (Lipinski definition) is 0.